The average molecular weight is 372 g/mol. The molecule has 5 saturated carbocycles. The highest BCUT2D eigenvalue weighted by Crippen LogP contribution is 2.55. The molecule has 27 heavy (non-hydrogen) atoms. The van der Waals surface area contributed by atoms with E-state index in [2.05, 4.69) is 20.6 Å². The predicted molar refractivity (Wildman–Crippen MR) is 99.3 cm³/mol. The van der Waals surface area contributed by atoms with E-state index < -0.39 is 5.60 Å². The summed E-state index contributed by atoms with van der Waals surface area (Å²) in [5.74, 6) is 2.14. The van der Waals surface area contributed by atoms with Crippen molar-refractivity contribution in [3.63, 3.8) is 0 Å². The Labute approximate surface area is 159 Å². The van der Waals surface area contributed by atoms with Crippen molar-refractivity contribution < 1.29 is 15.0 Å². The second-order valence-electron chi connectivity index (χ2n) is 9.11. The summed E-state index contributed by atoms with van der Waals surface area (Å²) in [4.78, 5) is 21.9. The third-order valence-corrected chi connectivity index (χ3v) is 6.96. The van der Waals surface area contributed by atoms with Gasteiger partial charge in [0.2, 0.25) is 5.95 Å². The zero-order valence-corrected chi connectivity index (χ0v) is 15.5. The zero-order chi connectivity index (χ0) is 18.6. The molecule has 5 aliphatic carbocycles. The monoisotopic (exact) mass is 372 g/mol. The molecule has 0 spiro atoms. The molecular formula is C20H28N4O3. The van der Waals surface area contributed by atoms with Crippen LogP contribution in [0.25, 0.3) is 0 Å². The Balaban J connectivity index is 1.34. The molecule has 1 heterocycles. The van der Waals surface area contributed by atoms with E-state index in [1.54, 1.807) is 6.20 Å². The molecule has 0 radical (unpaired) electrons. The van der Waals surface area contributed by atoms with Crippen molar-refractivity contribution in [1.82, 2.24) is 15.3 Å². The molecule has 4 bridgehead atoms. The lowest BCUT2D eigenvalue weighted by Gasteiger charge is -2.58. The van der Waals surface area contributed by atoms with E-state index in [1.165, 1.54) is 0 Å². The minimum absolute atomic E-state index is 0.0160. The molecule has 0 aliphatic heterocycles. The Bertz CT molecular complexity index is 735. The molecule has 1 amide bonds. The number of anilines is 1. The number of hydrogen-bond donors (Lipinski definition) is 4. The normalized spacial score (nSPS) is 36.7. The van der Waals surface area contributed by atoms with Crippen LogP contribution >= 0.6 is 0 Å². The molecule has 2 unspecified atom stereocenters. The van der Waals surface area contributed by atoms with Crippen molar-refractivity contribution in [2.45, 2.75) is 62.5 Å². The first-order valence-electron chi connectivity index (χ1n) is 10.3. The average Bonchev–Trinajstić information content (AvgIpc) is 3.46. The van der Waals surface area contributed by atoms with Crippen molar-refractivity contribution >= 4 is 11.9 Å². The van der Waals surface area contributed by atoms with E-state index >= 15 is 0 Å². The van der Waals surface area contributed by atoms with Crippen LogP contribution in [-0.2, 0) is 0 Å². The number of hydrogen-bond acceptors (Lipinski definition) is 6. The Morgan fingerprint density at radius 3 is 2.59 bits per heavy atom. The number of nitrogens with one attached hydrogen (secondary N) is 2. The predicted octanol–water partition coefficient (Wildman–Crippen LogP) is 1.43. The molecule has 5 fully saturated rings. The topological polar surface area (TPSA) is 107 Å². The van der Waals surface area contributed by atoms with E-state index in [9.17, 15) is 9.90 Å². The Morgan fingerprint density at radius 2 is 1.96 bits per heavy atom. The Morgan fingerprint density at radius 1 is 1.22 bits per heavy atom. The molecule has 4 N–H and O–H groups in total. The SMILES string of the molecule is O=C(N[C@H]1C2CC3CC1C[C@@](O)(C3)C2)c1cnc(NCCO)nc1C1CC1. The number of rotatable bonds is 6. The maximum Gasteiger partial charge on any atom is 0.254 e. The van der Waals surface area contributed by atoms with Crippen molar-refractivity contribution in [3.05, 3.63) is 17.5 Å². The van der Waals surface area contributed by atoms with Gasteiger partial charge in [0.1, 0.15) is 0 Å². The molecule has 5 aliphatic rings. The maximum atomic E-state index is 13.1. The fourth-order valence-corrected chi connectivity index (χ4v) is 5.94. The van der Waals surface area contributed by atoms with Gasteiger partial charge in [-0.05, 0) is 62.7 Å². The Hall–Kier alpha value is -1.73. The molecule has 1 aromatic heterocycles. The van der Waals surface area contributed by atoms with Crippen LogP contribution in [0.5, 0.6) is 0 Å². The summed E-state index contributed by atoms with van der Waals surface area (Å²) in [5, 5.41) is 26.0. The summed E-state index contributed by atoms with van der Waals surface area (Å²) < 4.78 is 0. The first-order chi connectivity index (χ1) is 13.0. The minimum Gasteiger partial charge on any atom is -0.395 e. The maximum absolute atomic E-state index is 13.1. The van der Waals surface area contributed by atoms with Gasteiger partial charge in [0.05, 0.1) is 23.5 Å². The number of carbonyl (C=O) groups excluding carboxylic acids is 1. The van der Waals surface area contributed by atoms with Gasteiger partial charge in [-0.15, -0.1) is 0 Å². The van der Waals surface area contributed by atoms with Crippen LogP contribution in [0.4, 0.5) is 5.95 Å². The second kappa shape index (κ2) is 6.41. The second-order valence-corrected chi connectivity index (χ2v) is 9.11. The van der Waals surface area contributed by atoms with Crippen LogP contribution in [0.3, 0.4) is 0 Å². The largest absolute Gasteiger partial charge is 0.395 e. The van der Waals surface area contributed by atoms with Crippen LogP contribution in [0.15, 0.2) is 6.20 Å². The molecule has 7 heteroatoms. The number of nitrogens with zero attached hydrogens (tertiary/aromatic N) is 2. The summed E-state index contributed by atoms with van der Waals surface area (Å²) in [6, 6.07) is 0.161. The smallest absolute Gasteiger partial charge is 0.254 e. The molecule has 146 valence electrons. The summed E-state index contributed by atoms with van der Waals surface area (Å²) in [5.41, 5.74) is 0.921. The third kappa shape index (κ3) is 3.21. The van der Waals surface area contributed by atoms with Gasteiger partial charge in [0, 0.05) is 24.7 Å². The van der Waals surface area contributed by atoms with Crippen molar-refractivity contribution in [2.75, 3.05) is 18.5 Å². The number of aromatic nitrogens is 2. The molecular weight excluding hydrogens is 344 g/mol. The standard InChI is InChI=1S/C20H28N4O3/c25-4-3-21-19-22-10-15(17(24-19)12-1-2-12)18(26)23-16-13-5-11-6-14(16)9-20(27,7-11)8-13/h10-14,16,25,27H,1-9H2,(H,23,26)(H,21,22,24)/t11?,13?,14?,16-,20+. The van der Waals surface area contributed by atoms with Crippen LogP contribution in [0, 0.1) is 17.8 Å². The summed E-state index contributed by atoms with van der Waals surface area (Å²) in [6.07, 6.45) is 8.57. The third-order valence-electron chi connectivity index (χ3n) is 6.96. The lowest BCUT2D eigenvalue weighted by atomic mass is 9.52. The highest BCUT2D eigenvalue weighted by atomic mass is 16.3. The zero-order valence-electron chi connectivity index (χ0n) is 15.5. The van der Waals surface area contributed by atoms with Crippen molar-refractivity contribution in [1.29, 1.82) is 0 Å². The molecule has 2 atom stereocenters. The Kier molecular flexibility index (Phi) is 4.13. The van der Waals surface area contributed by atoms with E-state index in [-0.39, 0.29) is 18.6 Å². The van der Waals surface area contributed by atoms with Crippen LogP contribution in [0.1, 0.15) is 66.9 Å². The fourth-order valence-electron chi connectivity index (χ4n) is 5.94. The van der Waals surface area contributed by atoms with Gasteiger partial charge in [-0.25, -0.2) is 9.97 Å². The molecule has 0 aromatic carbocycles. The summed E-state index contributed by atoms with van der Waals surface area (Å²) >= 11 is 0. The molecule has 6 rings (SSSR count). The van der Waals surface area contributed by atoms with Gasteiger partial charge in [0.25, 0.3) is 5.91 Å². The first kappa shape index (κ1) is 17.4. The van der Waals surface area contributed by atoms with E-state index in [0.29, 0.717) is 41.7 Å². The molecule has 0 saturated heterocycles. The molecule has 7 nitrogen and oxygen atoms in total. The number of amides is 1. The van der Waals surface area contributed by atoms with Crippen LogP contribution in [0.2, 0.25) is 0 Å². The highest BCUT2D eigenvalue weighted by Gasteiger charge is 2.55. The van der Waals surface area contributed by atoms with E-state index in [1.807, 2.05) is 0 Å². The van der Waals surface area contributed by atoms with Crippen LogP contribution < -0.4 is 10.6 Å². The van der Waals surface area contributed by atoms with Gasteiger partial charge in [-0.3, -0.25) is 4.79 Å². The number of aliphatic hydroxyl groups is 2. The van der Waals surface area contributed by atoms with Crippen molar-refractivity contribution in [3.8, 4) is 0 Å². The van der Waals surface area contributed by atoms with Crippen LogP contribution in [-0.4, -0.2) is 50.9 Å². The quantitative estimate of drug-likeness (QED) is 0.602. The van der Waals surface area contributed by atoms with Crippen molar-refractivity contribution in [2.24, 2.45) is 17.8 Å². The summed E-state index contributed by atoms with van der Waals surface area (Å²) in [7, 11) is 0. The number of carbonyl (C=O) groups is 1. The van der Waals surface area contributed by atoms with Gasteiger partial charge in [0.15, 0.2) is 0 Å². The van der Waals surface area contributed by atoms with E-state index in [0.717, 1.165) is 50.6 Å². The lowest BCUT2D eigenvalue weighted by Crippen LogP contribution is -2.61. The lowest BCUT2D eigenvalue weighted by molar-refractivity contribution is -0.136. The van der Waals surface area contributed by atoms with Gasteiger partial charge < -0.3 is 20.8 Å². The van der Waals surface area contributed by atoms with Gasteiger partial charge >= 0.3 is 0 Å². The van der Waals surface area contributed by atoms with Gasteiger partial charge in [-0.2, -0.15) is 0 Å². The van der Waals surface area contributed by atoms with Gasteiger partial charge in [-0.1, -0.05) is 0 Å². The van der Waals surface area contributed by atoms with E-state index in [4.69, 9.17) is 5.11 Å². The minimum atomic E-state index is -0.486. The molecule has 1 aromatic rings. The fraction of sp³-hybridized carbons (Fsp3) is 0.750. The summed E-state index contributed by atoms with van der Waals surface area (Å²) in [6.45, 7) is 0.410. The number of aliphatic hydroxyl groups excluding tert-OH is 1. The first-order valence-corrected chi connectivity index (χ1v) is 10.3. The highest BCUT2D eigenvalue weighted by molar-refractivity contribution is 5.95.